The fourth-order valence-corrected chi connectivity index (χ4v) is 1.98. The Morgan fingerprint density at radius 1 is 1.47 bits per heavy atom. The van der Waals surface area contributed by atoms with Crippen LogP contribution in [0, 0.1) is 10.1 Å². The van der Waals surface area contributed by atoms with Crippen molar-refractivity contribution < 1.29 is 14.5 Å². The lowest BCUT2D eigenvalue weighted by Crippen LogP contribution is -2.12. The molecular weight excluding hydrogens is 246 g/mol. The maximum atomic E-state index is 11.1. The van der Waals surface area contributed by atoms with Crippen molar-refractivity contribution in [3.05, 3.63) is 33.3 Å². The summed E-state index contributed by atoms with van der Waals surface area (Å²) in [6, 6.07) is 4.04. The third-order valence-electron chi connectivity index (χ3n) is 2.62. The third kappa shape index (κ3) is 2.74. The molecular formula is C11H10ClNO4. The molecule has 5 nitrogen and oxygen atoms in total. The van der Waals surface area contributed by atoms with E-state index < -0.39 is 4.92 Å². The minimum absolute atomic E-state index is 0.0788. The van der Waals surface area contributed by atoms with Crippen LogP contribution in [-0.4, -0.2) is 16.8 Å². The molecule has 1 aliphatic rings. The van der Waals surface area contributed by atoms with Crippen LogP contribution < -0.4 is 4.74 Å². The Kier molecular flexibility index (Phi) is 3.28. The Morgan fingerprint density at radius 3 is 2.76 bits per heavy atom. The van der Waals surface area contributed by atoms with E-state index in [0.717, 1.165) is 0 Å². The number of carbonyl (C=O) groups is 1. The molecule has 1 atom stereocenters. The summed E-state index contributed by atoms with van der Waals surface area (Å²) in [5.41, 5.74) is -0.0788. The summed E-state index contributed by atoms with van der Waals surface area (Å²) in [6.45, 7) is 0. The summed E-state index contributed by atoms with van der Waals surface area (Å²) in [5, 5.41) is 10.7. The van der Waals surface area contributed by atoms with Crippen molar-refractivity contribution in [2.75, 3.05) is 0 Å². The Balaban J connectivity index is 2.11. The van der Waals surface area contributed by atoms with Crippen LogP contribution in [0.3, 0.4) is 0 Å². The highest BCUT2D eigenvalue weighted by atomic mass is 35.5. The number of rotatable bonds is 3. The molecule has 1 aromatic rings. The van der Waals surface area contributed by atoms with Crippen molar-refractivity contribution in [2.24, 2.45) is 0 Å². The highest BCUT2D eigenvalue weighted by Crippen LogP contribution is 2.31. The summed E-state index contributed by atoms with van der Waals surface area (Å²) in [5.74, 6) is 0.560. The van der Waals surface area contributed by atoms with E-state index in [-0.39, 0.29) is 22.6 Å². The van der Waals surface area contributed by atoms with Crippen LogP contribution >= 0.6 is 11.6 Å². The number of nitro benzene ring substituents is 1. The van der Waals surface area contributed by atoms with Crippen LogP contribution in [0.15, 0.2) is 18.2 Å². The van der Waals surface area contributed by atoms with Gasteiger partial charge in [0, 0.05) is 25.0 Å². The van der Waals surface area contributed by atoms with Gasteiger partial charge in [-0.05, 0) is 12.5 Å². The molecule has 1 saturated carbocycles. The average Bonchev–Trinajstić information content (AvgIpc) is 2.67. The molecule has 0 bridgehead atoms. The summed E-state index contributed by atoms with van der Waals surface area (Å²) >= 11 is 5.87. The van der Waals surface area contributed by atoms with Gasteiger partial charge in [-0.1, -0.05) is 11.6 Å². The van der Waals surface area contributed by atoms with Gasteiger partial charge in [0.15, 0.2) is 0 Å². The first-order valence-corrected chi connectivity index (χ1v) is 5.56. The first kappa shape index (κ1) is 11.9. The lowest BCUT2D eigenvalue weighted by atomic mass is 10.3. The number of non-ortho nitro benzene ring substituents is 1. The number of ketones is 1. The Labute approximate surface area is 102 Å². The molecule has 90 valence electrons. The standard InChI is InChI=1S/C11H10ClNO4/c12-10-5-7(13(15)16)1-4-11(10)17-9-3-2-8(14)6-9/h1,4-5,9H,2-3,6H2. The number of benzene rings is 1. The van der Waals surface area contributed by atoms with E-state index in [0.29, 0.717) is 25.0 Å². The fourth-order valence-electron chi connectivity index (χ4n) is 1.76. The molecule has 0 heterocycles. The smallest absolute Gasteiger partial charge is 0.271 e. The number of ether oxygens (including phenoxy) is 1. The van der Waals surface area contributed by atoms with Crippen molar-refractivity contribution in [3.8, 4) is 5.75 Å². The quantitative estimate of drug-likeness (QED) is 0.615. The molecule has 2 rings (SSSR count). The fraction of sp³-hybridized carbons (Fsp3) is 0.364. The maximum absolute atomic E-state index is 11.1. The van der Waals surface area contributed by atoms with E-state index in [1.807, 2.05) is 0 Å². The van der Waals surface area contributed by atoms with Gasteiger partial charge in [0.2, 0.25) is 0 Å². The largest absolute Gasteiger partial charge is 0.488 e. The third-order valence-corrected chi connectivity index (χ3v) is 2.92. The lowest BCUT2D eigenvalue weighted by molar-refractivity contribution is -0.384. The van der Waals surface area contributed by atoms with E-state index in [1.54, 1.807) is 0 Å². The van der Waals surface area contributed by atoms with E-state index in [4.69, 9.17) is 16.3 Å². The summed E-state index contributed by atoms with van der Waals surface area (Å²) in [7, 11) is 0. The molecule has 1 fully saturated rings. The van der Waals surface area contributed by atoms with Crippen LogP contribution in [0.2, 0.25) is 5.02 Å². The lowest BCUT2D eigenvalue weighted by Gasteiger charge is -2.13. The van der Waals surface area contributed by atoms with E-state index >= 15 is 0 Å². The highest BCUT2D eigenvalue weighted by molar-refractivity contribution is 6.32. The van der Waals surface area contributed by atoms with Gasteiger partial charge in [-0.3, -0.25) is 14.9 Å². The van der Waals surface area contributed by atoms with E-state index in [2.05, 4.69) is 0 Å². The predicted molar refractivity (Wildman–Crippen MR) is 61.4 cm³/mol. The van der Waals surface area contributed by atoms with Gasteiger partial charge in [0.05, 0.1) is 9.95 Å². The summed E-state index contributed by atoms with van der Waals surface area (Å²) in [6.07, 6.45) is 1.41. The van der Waals surface area contributed by atoms with Gasteiger partial charge in [0.25, 0.3) is 5.69 Å². The molecule has 6 heteroatoms. The molecule has 0 spiro atoms. The summed E-state index contributed by atoms with van der Waals surface area (Å²) in [4.78, 5) is 21.1. The number of Topliss-reactive ketones (excluding diaryl/α,β-unsaturated/α-hetero) is 1. The number of hydrogen-bond donors (Lipinski definition) is 0. The van der Waals surface area contributed by atoms with Crippen molar-refractivity contribution in [3.63, 3.8) is 0 Å². The van der Waals surface area contributed by atoms with Crippen molar-refractivity contribution in [1.29, 1.82) is 0 Å². The molecule has 17 heavy (non-hydrogen) atoms. The molecule has 0 aliphatic heterocycles. The van der Waals surface area contributed by atoms with Gasteiger partial charge in [-0.2, -0.15) is 0 Å². The zero-order valence-electron chi connectivity index (χ0n) is 8.89. The molecule has 0 radical (unpaired) electrons. The second-order valence-electron chi connectivity index (χ2n) is 3.89. The van der Waals surface area contributed by atoms with Gasteiger partial charge in [-0.15, -0.1) is 0 Å². The van der Waals surface area contributed by atoms with Gasteiger partial charge in [-0.25, -0.2) is 0 Å². The molecule has 0 aromatic heterocycles. The molecule has 0 amide bonds. The van der Waals surface area contributed by atoms with Gasteiger partial charge < -0.3 is 4.74 Å². The maximum Gasteiger partial charge on any atom is 0.271 e. The van der Waals surface area contributed by atoms with Crippen molar-refractivity contribution >= 4 is 23.1 Å². The first-order chi connectivity index (χ1) is 8.06. The zero-order chi connectivity index (χ0) is 12.4. The summed E-state index contributed by atoms with van der Waals surface area (Å²) < 4.78 is 5.54. The Hall–Kier alpha value is -1.62. The molecule has 0 saturated heterocycles. The zero-order valence-corrected chi connectivity index (χ0v) is 9.64. The van der Waals surface area contributed by atoms with E-state index in [1.165, 1.54) is 18.2 Å². The van der Waals surface area contributed by atoms with Crippen LogP contribution in [-0.2, 0) is 4.79 Å². The normalized spacial score (nSPS) is 19.4. The van der Waals surface area contributed by atoms with Crippen LogP contribution in [0.1, 0.15) is 19.3 Å². The average molecular weight is 256 g/mol. The van der Waals surface area contributed by atoms with Gasteiger partial charge >= 0.3 is 0 Å². The second-order valence-corrected chi connectivity index (χ2v) is 4.30. The Bertz CT molecular complexity index is 475. The minimum atomic E-state index is -0.519. The highest BCUT2D eigenvalue weighted by Gasteiger charge is 2.24. The minimum Gasteiger partial charge on any atom is -0.488 e. The molecule has 0 N–H and O–H groups in total. The molecule has 1 aromatic carbocycles. The predicted octanol–water partition coefficient (Wildman–Crippen LogP) is 2.75. The molecule has 1 aliphatic carbocycles. The number of nitro groups is 1. The number of nitrogens with zero attached hydrogens (tertiary/aromatic N) is 1. The van der Waals surface area contributed by atoms with E-state index in [9.17, 15) is 14.9 Å². The van der Waals surface area contributed by atoms with Gasteiger partial charge in [0.1, 0.15) is 17.6 Å². The Morgan fingerprint density at radius 2 is 2.24 bits per heavy atom. The number of carbonyl (C=O) groups excluding carboxylic acids is 1. The van der Waals surface area contributed by atoms with Crippen LogP contribution in [0.4, 0.5) is 5.69 Å². The monoisotopic (exact) mass is 255 g/mol. The van der Waals surface area contributed by atoms with Crippen LogP contribution in [0.5, 0.6) is 5.75 Å². The van der Waals surface area contributed by atoms with Crippen LogP contribution in [0.25, 0.3) is 0 Å². The second kappa shape index (κ2) is 4.71. The van der Waals surface area contributed by atoms with Crippen molar-refractivity contribution in [2.45, 2.75) is 25.4 Å². The SMILES string of the molecule is O=C1CCC(Oc2ccc([N+](=O)[O-])cc2Cl)C1. The number of halogens is 1. The molecule has 1 unspecified atom stereocenters. The van der Waals surface area contributed by atoms with Crippen molar-refractivity contribution in [1.82, 2.24) is 0 Å². The first-order valence-electron chi connectivity index (χ1n) is 5.18. The number of hydrogen-bond acceptors (Lipinski definition) is 4. The topological polar surface area (TPSA) is 69.4 Å².